The van der Waals surface area contributed by atoms with Crippen LogP contribution >= 0.6 is 0 Å². The molecule has 72 valence electrons. The van der Waals surface area contributed by atoms with Gasteiger partial charge >= 0.3 is 0 Å². The van der Waals surface area contributed by atoms with Gasteiger partial charge in [0.05, 0.1) is 19.3 Å². The molecular formula is C8H11NO4. The number of carbonyl (C=O) groups is 2. The highest BCUT2D eigenvalue weighted by Gasteiger charge is 2.29. The lowest BCUT2D eigenvalue weighted by Gasteiger charge is -2.16. The molecule has 1 heterocycles. The van der Waals surface area contributed by atoms with E-state index in [1.807, 2.05) is 0 Å². The molecule has 0 radical (unpaired) electrons. The van der Waals surface area contributed by atoms with E-state index in [0.717, 1.165) is 4.90 Å². The molecule has 1 unspecified atom stereocenters. The monoisotopic (exact) mass is 185 g/mol. The molecule has 1 atom stereocenters. The zero-order chi connectivity index (χ0) is 10.0. The van der Waals surface area contributed by atoms with Gasteiger partial charge in [0.2, 0.25) is 0 Å². The van der Waals surface area contributed by atoms with Gasteiger partial charge in [-0.25, -0.2) is 0 Å². The second-order valence-corrected chi connectivity index (χ2v) is 2.92. The Labute approximate surface area is 75.3 Å². The van der Waals surface area contributed by atoms with E-state index in [9.17, 15) is 9.59 Å². The van der Waals surface area contributed by atoms with Crippen molar-refractivity contribution in [3.63, 3.8) is 0 Å². The second kappa shape index (κ2) is 3.68. The quantitative estimate of drug-likeness (QED) is 0.533. The van der Waals surface area contributed by atoms with Crippen LogP contribution in [-0.2, 0) is 9.59 Å². The summed E-state index contributed by atoms with van der Waals surface area (Å²) in [5.41, 5.74) is 0.357. The SMILES string of the molecule is CC1=CC(=O)N(CC(O)CO)C1=O. The molecular weight excluding hydrogens is 174 g/mol. The number of nitrogens with zero attached hydrogens (tertiary/aromatic N) is 1. The molecule has 5 heteroatoms. The molecule has 0 bridgehead atoms. The molecule has 0 saturated heterocycles. The van der Waals surface area contributed by atoms with Crippen LogP contribution in [0.5, 0.6) is 0 Å². The third kappa shape index (κ3) is 1.93. The fourth-order valence-corrected chi connectivity index (χ4v) is 1.08. The molecule has 0 aromatic rings. The van der Waals surface area contributed by atoms with Gasteiger partial charge in [-0.05, 0) is 6.92 Å². The summed E-state index contributed by atoms with van der Waals surface area (Å²) >= 11 is 0. The third-order valence-electron chi connectivity index (χ3n) is 1.79. The van der Waals surface area contributed by atoms with Crippen molar-refractivity contribution in [3.05, 3.63) is 11.6 Å². The lowest BCUT2D eigenvalue weighted by molar-refractivity contribution is -0.139. The highest BCUT2D eigenvalue weighted by molar-refractivity contribution is 6.15. The van der Waals surface area contributed by atoms with Crippen LogP contribution in [0, 0.1) is 0 Å². The molecule has 5 nitrogen and oxygen atoms in total. The molecule has 0 aliphatic carbocycles. The first-order valence-corrected chi connectivity index (χ1v) is 3.89. The zero-order valence-electron chi connectivity index (χ0n) is 7.23. The maximum atomic E-state index is 11.2. The van der Waals surface area contributed by atoms with Crippen LogP contribution in [-0.4, -0.2) is 46.2 Å². The van der Waals surface area contributed by atoms with E-state index >= 15 is 0 Å². The van der Waals surface area contributed by atoms with Crippen molar-refractivity contribution < 1.29 is 19.8 Å². The molecule has 13 heavy (non-hydrogen) atoms. The molecule has 0 spiro atoms. The van der Waals surface area contributed by atoms with E-state index in [-0.39, 0.29) is 6.54 Å². The fraction of sp³-hybridized carbons (Fsp3) is 0.500. The predicted molar refractivity (Wildman–Crippen MR) is 43.6 cm³/mol. The summed E-state index contributed by atoms with van der Waals surface area (Å²) in [4.78, 5) is 23.2. The number of aliphatic hydroxyl groups is 2. The second-order valence-electron chi connectivity index (χ2n) is 2.92. The van der Waals surface area contributed by atoms with Crippen molar-refractivity contribution in [3.8, 4) is 0 Å². The predicted octanol–water partition coefficient (Wildman–Crippen LogP) is -1.35. The van der Waals surface area contributed by atoms with Crippen LogP contribution in [0.15, 0.2) is 11.6 Å². The minimum Gasteiger partial charge on any atom is -0.394 e. The summed E-state index contributed by atoms with van der Waals surface area (Å²) in [6.45, 7) is 0.920. The van der Waals surface area contributed by atoms with Gasteiger partial charge < -0.3 is 10.2 Å². The van der Waals surface area contributed by atoms with Crippen molar-refractivity contribution in [2.24, 2.45) is 0 Å². The Bertz CT molecular complexity index is 271. The van der Waals surface area contributed by atoms with Crippen LogP contribution in [0.3, 0.4) is 0 Å². The van der Waals surface area contributed by atoms with Crippen LogP contribution in [0.4, 0.5) is 0 Å². The maximum absolute atomic E-state index is 11.2. The molecule has 0 fully saturated rings. The van der Waals surface area contributed by atoms with Gasteiger partial charge in [0.15, 0.2) is 0 Å². The van der Waals surface area contributed by atoms with Gasteiger partial charge in [-0.3, -0.25) is 14.5 Å². The number of hydrogen-bond donors (Lipinski definition) is 2. The van der Waals surface area contributed by atoms with Crippen LogP contribution in [0.2, 0.25) is 0 Å². The van der Waals surface area contributed by atoms with E-state index in [4.69, 9.17) is 10.2 Å². The highest BCUT2D eigenvalue weighted by atomic mass is 16.3. The first-order chi connectivity index (χ1) is 6.06. The summed E-state index contributed by atoms with van der Waals surface area (Å²) < 4.78 is 0. The van der Waals surface area contributed by atoms with Crippen LogP contribution in [0.25, 0.3) is 0 Å². The van der Waals surface area contributed by atoms with E-state index in [2.05, 4.69) is 0 Å². The Morgan fingerprint density at radius 3 is 2.54 bits per heavy atom. The lowest BCUT2D eigenvalue weighted by atomic mass is 10.3. The third-order valence-corrected chi connectivity index (χ3v) is 1.79. The summed E-state index contributed by atoms with van der Waals surface area (Å²) in [5, 5.41) is 17.5. The van der Waals surface area contributed by atoms with E-state index in [0.29, 0.717) is 5.57 Å². The zero-order valence-corrected chi connectivity index (χ0v) is 7.23. The fourth-order valence-electron chi connectivity index (χ4n) is 1.08. The Balaban J connectivity index is 2.64. The molecule has 0 aromatic heterocycles. The number of β-amino-alcohol motifs (C(OH)–C–C–N with tert-alkyl or cyclic N) is 1. The van der Waals surface area contributed by atoms with E-state index in [1.54, 1.807) is 0 Å². The van der Waals surface area contributed by atoms with Crippen molar-refractivity contribution in [1.29, 1.82) is 0 Å². The average Bonchev–Trinajstić information content (AvgIpc) is 2.32. The van der Waals surface area contributed by atoms with Crippen molar-refractivity contribution >= 4 is 11.8 Å². The van der Waals surface area contributed by atoms with Crippen molar-refractivity contribution in [2.75, 3.05) is 13.2 Å². The van der Waals surface area contributed by atoms with Gasteiger partial charge in [0.1, 0.15) is 0 Å². The molecule has 1 aliphatic heterocycles. The maximum Gasteiger partial charge on any atom is 0.256 e. The number of aliphatic hydroxyl groups excluding tert-OH is 2. The Hall–Kier alpha value is -1.20. The van der Waals surface area contributed by atoms with Crippen LogP contribution in [0.1, 0.15) is 6.92 Å². The largest absolute Gasteiger partial charge is 0.394 e. The molecule has 0 aromatic carbocycles. The van der Waals surface area contributed by atoms with Crippen molar-refractivity contribution in [1.82, 2.24) is 4.90 Å². The van der Waals surface area contributed by atoms with Crippen LogP contribution < -0.4 is 0 Å². The topological polar surface area (TPSA) is 77.8 Å². The summed E-state index contributed by atoms with van der Waals surface area (Å²) in [6.07, 6.45) is 0.152. The number of rotatable bonds is 3. The smallest absolute Gasteiger partial charge is 0.256 e. The Morgan fingerprint density at radius 1 is 1.54 bits per heavy atom. The molecule has 1 rings (SSSR count). The normalized spacial score (nSPS) is 19.3. The highest BCUT2D eigenvalue weighted by Crippen LogP contribution is 2.11. The molecule has 1 aliphatic rings. The van der Waals surface area contributed by atoms with E-state index in [1.165, 1.54) is 13.0 Å². The van der Waals surface area contributed by atoms with Gasteiger partial charge in [-0.15, -0.1) is 0 Å². The Kier molecular flexibility index (Phi) is 2.79. The van der Waals surface area contributed by atoms with Gasteiger partial charge in [0, 0.05) is 11.6 Å². The lowest BCUT2D eigenvalue weighted by Crippen LogP contribution is -2.38. The minimum atomic E-state index is -1.06. The van der Waals surface area contributed by atoms with E-state index < -0.39 is 24.5 Å². The van der Waals surface area contributed by atoms with Gasteiger partial charge in [-0.2, -0.15) is 0 Å². The van der Waals surface area contributed by atoms with Gasteiger partial charge in [0.25, 0.3) is 11.8 Å². The molecule has 2 N–H and O–H groups in total. The number of carbonyl (C=O) groups excluding carboxylic acids is 2. The van der Waals surface area contributed by atoms with Gasteiger partial charge in [-0.1, -0.05) is 0 Å². The first kappa shape index (κ1) is 9.88. The average molecular weight is 185 g/mol. The van der Waals surface area contributed by atoms with Crippen molar-refractivity contribution in [2.45, 2.75) is 13.0 Å². The Morgan fingerprint density at radius 2 is 2.15 bits per heavy atom. The number of amides is 2. The summed E-state index contributed by atoms with van der Waals surface area (Å²) in [6, 6.07) is 0. The summed E-state index contributed by atoms with van der Waals surface area (Å²) in [5.74, 6) is -0.840. The molecule has 0 saturated carbocycles. The standard InChI is InChI=1S/C8H11NO4/c1-5-2-7(12)9(8(5)13)3-6(11)4-10/h2,6,10-11H,3-4H2,1H3. The number of hydrogen-bond acceptors (Lipinski definition) is 4. The molecule has 2 amide bonds. The minimum absolute atomic E-state index is 0.151. The number of imide groups is 1. The first-order valence-electron chi connectivity index (χ1n) is 3.89. The summed E-state index contributed by atoms with van der Waals surface area (Å²) in [7, 11) is 0.